The van der Waals surface area contributed by atoms with Crippen LogP contribution in [0.5, 0.6) is 0 Å². The fourth-order valence-corrected chi connectivity index (χ4v) is 9.23. The lowest BCUT2D eigenvalue weighted by atomic mass is 9.96. The molecule has 3 nitrogen and oxygen atoms in total. The Morgan fingerprint density at radius 1 is 0.279 bits per heavy atom. The van der Waals surface area contributed by atoms with Crippen LogP contribution in [0.2, 0.25) is 0 Å². The summed E-state index contributed by atoms with van der Waals surface area (Å²) in [7, 11) is 0. The van der Waals surface area contributed by atoms with Gasteiger partial charge in [0.15, 0.2) is 0 Å². The van der Waals surface area contributed by atoms with E-state index in [4.69, 9.17) is 8.83 Å². The Hall–Kier alpha value is -8.14. The first kappa shape index (κ1) is 34.9. The molecule has 0 spiro atoms. The molecule has 12 rings (SSSR count). The highest BCUT2D eigenvalue weighted by atomic mass is 16.3. The highest BCUT2D eigenvalue weighted by Gasteiger charge is 2.23. The summed E-state index contributed by atoms with van der Waals surface area (Å²) >= 11 is 0. The van der Waals surface area contributed by atoms with Gasteiger partial charge in [-0.2, -0.15) is 0 Å². The first-order valence-corrected chi connectivity index (χ1v) is 20.7. The monoisotopic (exact) mass is 779 g/mol. The molecular weight excluding hydrogens is 743 g/mol. The summed E-state index contributed by atoms with van der Waals surface area (Å²) in [5.41, 5.74) is 15.6. The molecule has 3 heteroatoms. The van der Waals surface area contributed by atoms with E-state index in [-0.39, 0.29) is 0 Å². The normalized spacial score (nSPS) is 11.6. The van der Waals surface area contributed by atoms with Crippen molar-refractivity contribution in [3.63, 3.8) is 0 Å². The van der Waals surface area contributed by atoms with Gasteiger partial charge in [0.05, 0.1) is 11.4 Å². The van der Waals surface area contributed by atoms with Crippen LogP contribution in [0.1, 0.15) is 0 Å². The predicted molar refractivity (Wildman–Crippen MR) is 255 cm³/mol. The number of fused-ring (bicyclic) bond motifs is 8. The number of para-hydroxylation sites is 4. The van der Waals surface area contributed by atoms with Crippen LogP contribution in [-0.2, 0) is 0 Å². The molecule has 61 heavy (non-hydrogen) atoms. The Morgan fingerprint density at radius 2 is 0.787 bits per heavy atom. The Bertz CT molecular complexity index is 3600. The zero-order valence-corrected chi connectivity index (χ0v) is 33.1. The Morgan fingerprint density at radius 3 is 1.51 bits per heavy atom. The van der Waals surface area contributed by atoms with E-state index >= 15 is 0 Å². The van der Waals surface area contributed by atoms with Crippen LogP contribution in [-0.4, -0.2) is 0 Å². The number of hydrogen-bond donors (Lipinski definition) is 0. The molecule has 12 aromatic rings. The standard InChI is InChI=1S/C58H37NO2/c1-3-16-38(17-4-1)44-23-9-11-30-53(44)59(54-31-12-10-24-45(54)42-33-35-55-52(37-42)51-34-32-40-20-7-8-25-46(40)56(51)60-55)43-22-13-21-41(36-43)48-27-15-29-50-49-28-14-26-47(57(49)61-58(48)50)39-18-5-2-6-19-39/h1-37H. The Labute approximate surface area is 353 Å². The quantitative estimate of drug-likeness (QED) is 0.161. The largest absolute Gasteiger partial charge is 0.455 e. The second-order valence-corrected chi connectivity index (χ2v) is 15.6. The Kier molecular flexibility index (Phi) is 8.17. The van der Waals surface area contributed by atoms with Crippen LogP contribution >= 0.6 is 0 Å². The van der Waals surface area contributed by atoms with Crippen molar-refractivity contribution >= 4 is 71.7 Å². The van der Waals surface area contributed by atoms with Crippen molar-refractivity contribution in [2.24, 2.45) is 0 Å². The molecule has 0 saturated carbocycles. The zero-order valence-electron chi connectivity index (χ0n) is 33.1. The van der Waals surface area contributed by atoms with Gasteiger partial charge in [-0.25, -0.2) is 0 Å². The fourth-order valence-electron chi connectivity index (χ4n) is 9.23. The van der Waals surface area contributed by atoms with E-state index in [1.165, 1.54) is 5.39 Å². The molecule has 286 valence electrons. The van der Waals surface area contributed by atoms with E-state index in [0.29, 0.717) is 0 Å². The zero-order chi connectivity index (χ0) is 40.3. The van der Waals surface area contributed by atoms with Crippen molar-refractivity contribution < 1.29 is 8.83 Å². The maximum absolute atomic E-state index is 6.91. The molecule has 2 heterocycles. The van der Waals surface area contributed by atoms with Gasteiger partial charge in [0.2, 0.25) is 0 Å². The molecule has 0 amide bonds. The van der Waals surface area contributed by atoms with Crippen molar-refractivity contribution in [1.29, 1.82) is 0 Å². The van der Waals surface area contributed by atoms with Gasteiger partial charge >= 0.3 is 0 Å². The summed E-state index contributed by atoms with van der Waals surface area (Å²) in [6, 6.07) is 79.8. The predicted octanol–water partition coefficient (Wildman–Crippen LogP) is 16.8. The van der Waals surface area contributed by atoms with Crippen molar-refractivity contribution in [2.75, 3.05) is 4.90 Å². The number of hydrogen-bond acceptors (Lipinski definition) is 3. The van der Waals surface area contributed by atoms with Gasteiger partial charge in [0.25, 0.3) is 0 Å². The average Bonchev–Trinajstić information content (AvgIpc) is 3.91. The van der Waals surface area contributed by atoms with E-state index in [9.17, 15) is 0 Å². The van der Waals surface area contributed by atoms with E-state index in [0.717, 1.165) is 111 Å². The van der Waals surface area contributed by atoms with Crippen LogP contribution in [0.15, 0.2) is 233 Å². The number of anilines is 3. The third-order valence-corrected chi connectivity index (χ3v) is 12.1. The van der Waals surface area contributed by atoms with E-state index < -0.39 is 0 Å². The minimum atomic E-state index is 0.877. The molecule has 10 aromatic carbocycles. The summed E-state index contributed by atoms with van der Waals surface area (Å²) in [5, 5.41) is 6.71. The molecule has 0 N–H and O–H groups in total. The summed E-state index contributed by atoms with van der Waals surface area (Å²) in [6.45, 7) is 0. The highest BCUT2D eigenvalue weighted by molar-refractivity contribution is 6.16. The lowest BCUT2D eigenvalue weighted by Gasteiger charge is -2.30. The van der Waals surface area contributed by atoms with Gasteiger partial charge in [0.1, 0.15) is 22.3 Å². The number of benzene rings is 10. The molecule has 0 radical (unpaired) electrons. The minimum absolute atomic E-state index is 0.877. The summed E-state index contributed by atoms with van der Waals surface area (Å²) in [6.07, 6.45) is 0. The smallest absolute Gasteiger partial charge is 0.143 e. The van der Waals surface area contributed by atoms with Crippen LogP contribution in [0, 0.1) is 0 Å². The lowest BCUT2D eigenvalue weighted by molar-refractivity contribution is 0.671. The number of furan rings is 2. The molecule has 0 aliphatic heterocycles. The van der Waals surface area contributed by atoms with E-state index in [1.807, 2.05) is 0 Å². The minimum Gasteiger partial charge on any atom is -0.455 e. The van der Waals surface area contributed by atoms with Crippen LogP contribution < -0.4 is 4.90 Å². The first-order chi connectivity index (χ1) is 30.3. The highest BCUT2D eigenvalue weighted by Crippen LogP contribution is 2.47. The van der Waals surface area contributed by atoms with Gasteiger partial charge in [-0.15, -0.1) is 0 Å². The lowest BCUT2D eigenvalue weighted by Crippen LogP contribution is -2.12. The van der Waals surface area contributed by atoms with E-state index in [1.54, 1.807) is 0 Å². The van der Waals surface area contributed by atoms with Gasteiger partial charge in [0, 0.05) is 54.9 Å². The number of nitrogens with zero attached hydrogens (tertiary/aromatic N) is 1. The number of rotatable bonds is 7. The van der Waals surface area contributed by atoms with Crippen molar-refractivity contribution in [3.05, 3.63) is 224 Å². The first-order valence-electron chi connectivity index (χ1n) is 20.7. The maximum Gasteiger partial charge on any atom is 0.143 e. The topological polar surface area (TPSA) is 29.5 Å². The maximum atomic E-state index is 6.91. The third kappa shape index (κ3) is 5.82. The molecule has 0 saturated heterocycles. The van der Waals surface area contributed by atoms with Gasteiger partial charge in [-0.1, -0.05) is 182 Å². The molecule has 0 atom stereocenters. The molecule has 0 fully saturated rings. The molecule has 0 unspecified atom stereocenters. The molecular formula is C58H37NO2. The SMILES string of the molecule is c1ccc(-c2ccccc2N(c2cccc(-c3cccc4c3oc3c(-c5ccccc5)cccc34)c2)c2ccccc2-c2ccc3oc4c5ccccc5ccc4c3c2)cc1. The van der Waals surface area contributed by atoms with Crippen molar-refractivity contribution in [2.45, 2.75) is 0 Å². The average molecular weight is 780 g/mol. The van der Waals surface area contributed by atoms with Crippen LogP contribution in [0.25, 0.3) is 99.2 Å². The van der Waals surface area contributed by atoms with Crippen molar-refractivity contribution in [3.8, 4) is 44.5 Å². The van der Waals surface area contributed by atoms with Gasteiger partial charge in [-0.3, -0.25) is 0 Å². The Balaban J connectivity index is 1.06. The summed E-state index contributed by atoms with van der Waals surface area (Å²) in [5.74, 6) is 0. The molecule has 0 bridgehead atoms. The summed E-state index contributed by atoms with van der Waals surface area (Å²) in [4.78, 5) is 2.42. The molecule has 2 aromatic heterocycles. The van der Waals surface area contributed by atoms with Crippen LogP contribution in [0.3, 0.4) is 0 Å². The van der Waals surface area contributed by atoms with E-state index in [2.05, 4.69) is 229 Å². The fraction of sp³-hybridized carbons (Fsp3) is 0. The van der Waals surface area contributed by atoms with Crippen LogP contribution in [0.4, 0.5) is 17.1 Å². The van der Waals surface area contributed by atoms with Crippen molar-refractivity contribution in [1.82, 2.24) is 0 Å². The van der Waals surface area contributed by atoms with Gasteiger partial charge in [-0.05, 0) is 70.1 Å². The third-order valence-electron chi connectivity index (χ3n) is 12.1. The molecule has 0 aliphatic carbocycles. The second-order valence-electron chi connectivity index (χ2n) is 15.6. The van der Waals surface area contributed by atoms with Gasteiger partial charge < -0.3 is 13.7 Å². The summed E-state index contributed by atoms with van der Waals surface area (Å²) < 4.78 is 13.5. The second kappa shape index (κ2) is 14.3. The molecule has 0 aliphatic rings.